The van der Waals surface area contributed by atoms with Crippen molar-refractivity contribution < 1.29 is 9.59 Å². The molecule has 12 unspecified atom stereocenters. The third-order valence-corrected chi connectivity index (χ3v) is 14.0. The van der Waals surface area contributed by atoms with Crippen LogP contribution in [-0.2, 0) is 9.59 Å². The van der Waals surface area contributed by atoms with E-state index in [-0.39, 0.29) is 21.5 Å². The molecule has 40 heavy (non-hydrogen) atoms. The second-order valence-electron chi connectivity index (χ2n) is 14.6. The van der Waals surface area contributed by atoms with Crippen LogP contribution < -0.4 is 0 Å². The number of ketones is 2. The molecule has 0 N–H and O–H groups in total. The molecule has 0 heterocycles. The minimum Gasteiger partial charge on any atom is -0.298 e. The molecule has 0 aromatic heterocycles. The third-order valence-electron chi connectivity index (χ3n) is 12.4. The molecule has 0 amide bonds. The van der Waals surface area contributed by atoms with Crippen LogP contribution >= 0.6 is 31.9 Å². The molecule has 4 aliphatic rings. The quantitative estimate of drug-likeness (QED) is 0.120. The van der Waals surface area contributed by atoms with Gasteiger partial charge in [-0.15, -0.1) is 0 Å². The number of hydrogen-bond acceptors (Lipinski definition) is 2. The van der Waals surface area contributed by atoms with E-state index in [9.17, 15) is 9.59 Å². The molecule has 4 rings (SSSR count). The van der Waals surface area contributed by atoms with Gasteiger partial charge in [-0.25, -0.2) is 0 Å². The summed E-state index contributed by atoms with van der Waals surface area (Å²) in [5, 5.41) is 0. The van der Waals surface area contributed by atoms with Crippen LogP contribution in [0.15, 0.2) is 0 Å². The summed E-state index contributed by atoms with van der Waals surface area (Å²) in [4.78, 5) is 27.4. The number of rotatable bonds is 16. The van der Waals surface area contributed by atoms with Gasteiger partial charge >= 0.3 is 0 Å². The Hall–Kier alpha value is 0.300. The van der Waals surface area contributed by atoms with E-state index >= 15 is 0 Å². The van der Waals surface area contributed by atoms with E-state index in [0.29, 0.717) is 47.1 Å². The summed E-state index contributed by atoms with van der Waals surface area (Å²) < 4.78 is 0. The highest BCUT2D eigenvalue weighted by atomic mass is 79.9. The molecular weight excluding hydrogens is 624 g/mol. The van der Waals surface area contributed by atoms with Crippen LogP contribution in [0.25, 0.3) is 0 Å². The number of Topliss-reactive ketones (excluding diaryl/α,β-unsaturated/α-hetero) is 2. The van der Waals surface area contributed by atoms with Gasteiger partial charge in [-0.3, -0.25) is 9.59 Å². The molecule has 230 valence electrons. The highest BCUT2D eigenvalue weighted by molar-refractivity contribution is 9.10. The number of halogens is 2. The molecule has 4 saturated carbocycles. The lowest BCUT2D eigenvalue weighted by molar-refractivity contribution is -0.136. The summed E-state index contributed by atoms with van der Waals surface area (Å²) in [6.07, 6.45) is 22.8. The van der Waals surface area contributed by atoms with Crippen LogP contribution in [0.4, 0.5) is 0 Å². The maximum absolute atomic E-state index is 14.0. The summed E-state index contributed by atoms with van der Waals surface area (Å²) >= 11 is 7.65. The van der Waals surface area contributed by atoms with Crippen molar-refractivity contribution in [2.24, 2.45) is 59.2 Å². The van der Waals surface area contributed by atoms with E-state index in [4.69, 9.17) is 0 Å². The van der Waals surface area contributed by atoms with Crippen molar-refractivity contribution in [3.05, 3.63) is 0 Å². The second-order valence-corrected chi connectivity index (χ2v) is 16.8. The fourth-order valence-corrected chi connectivity index (χ4v) is 11.7. The standard InChI is InChI=1S/C36H60Br2O2/c1-5-9-11-13-15-23(7-3)17-27-29-21-26-25(20-32(37)35(26)39)19-28(29)30(34-31(27)22-33(38)36(34)40)18-24(8-4)16-14-12-10-6-2/h23-34H,5-22H2,1-4H3. The molecule has 0 saturated heterocycles. The Morgan fingerprint density at radius 1 is 0.625 bits per heavy atom. The number of unbranched alkanes of at least 4 members (excludes halogenated alkanes) is 6. The van der Waals surface area contributed by atoms with E-state index in [1.54, 1.807) is 0 Å². The van der Waals surface area contributed by atoms with Gasteiger partial charge in [0, 0.05) is 11.8 Å². The molecule has 0 spiro atoms. The lowest BCUT2D eigenvalue weighted by Gasteiger charge is -2.55. The first-order valence-electron chi connectivity index (χ1n) is 17.7. The molecule has 4 heteroatoms. The Morgan fingerprint density at radius 2 is 1.18 bits per heavy atom. The second kappa shape index (κ2) is 15.9. The Bertz CT molecular complexity index is 813. The monoisotopic (exact) mass is 682 g/mol. The lowest BCUT2D eigenvalue weighted by atomic mass is 9.49. The summed E-state index contributed by atoms with van der Waals surface area (Å²) in [6, 6.07) is 0. The zero-order chi connectivity index (χ0) is 28.8. The van der Waals surface area contributed by atoms with E-state index in [1.807, 2.05) is 0 Å². The Labute approximate surface area is 264 Å². The predicted octanol–water partition coefficient (Wildman–Crippen LogP) is 11.0. The molecule has 2 nitrogen and oxygen atoms in total. The largest absolute Gasteiger partial charge is 0.298 e. The lowest BCUT2D eigenvalue weighted by Crippen LogP contribution is -2.51. The minimum atomic E-state index is 0.0509. The zero-order valence-corrected chi connectivity index (χ0v) is 29.4. The van der Waals surface area contributed by atoms with E-state index in [0.717, 1.165) is 31.1 Å². The number of carbonyl (C=O) groups excluding carboxylic acids is 2. The molecule has 0 bridgehead atoms. The minimum absolute atomic E-state index is 0.0509. The molecule has 0 aliphatic heterocycles. The molecule has 4 fully saturated rings. The first-order valence-corrected chi connectivity index (χ1v) is 19.5. The van der Waals surface area contributed by atoms with Crippen LogP contribution in [0.2, 0.25) is 0 Å². The first kappa shape index (κ1) is 33.2. The van der Waals surface area contributed by atoms with Crippen molar-refractivity contribution in [2.45, 2.75) is 153 Å². The van der Waals surface area contributed by atoms with Crippen molar-refractivity contribution in [3.8, 4) is 0 Å². The van der Waals surface area contributed by atoms with Gasteiger partial charge in [-0.05, 0) is 85.9 Å². The average molecular weight is 685 g/mol. The Morgan fingerprint density at radius 3 is 1.75 bits per heavy atom. The molecule has 12 atom stereocenters. The fraction of sp³-hybridized carbons (Fsp3) is 0.944. The van der Waals surface area contributed by atoms with E-state index in [2.05, 4.69) is 59.6 Å². The molecule has 0 aromatic carbocycles. The Balaban J connectivity index is 1.60. The van der Waals surface area contributed by atoms with Crippen molar-refractivity contribution >= 4 is 43.4 Å². The maximum atomic E-state index is 14.0. The summed E-state index contributed by atoms with van der Waals surface area (Å²) in [5.74, 6) is 6.58. The normalized spacial score (nSPS) is 38.6. The Kier molecular flexibility index (Phi) is 13.2. The van der Waals surface area contributed by atoms with Crippen molar-refractivity contribution in [3.63, 3.8) is 0 Å². The van der Waals surface area contributed by atoms with Crippen molar-refractivity contribution in [1.82, 2.24) is 0 Å². The highest BCUT2D eigenvalue weighted by Gasteiger charge is 2.60. The smallest absolute Gasteiger partial charge is 0.150 e. The average Bonchev–Trinajstić information content (AvgIpc) is 3.40. The first-order chi connectivity index (χ1) is 19.3. The zero-order valence-electron chi connectivity index (χ0n) is 26.2. The van der Waals surface area contributed by atoms with Gasteiger partial charge in [0.25, 0.3) is 0 Å². The van der Waals surface area contributed by atoms with Gasteiger partial charge in [-0.1, -0.05) is 137 Å². The molecule has 0 aromatic rings. The number of alkyl halides is 2. The molecular formula is C36H60Br2O2. The van der Waals surface area contributed by atoms with Crippen LogP contribution in [0.5, 0.6) is 0 Å². The van der Waals surface area contributed by atoms with Gasteiger partial charge in [0.2, 0.25) is 0 Å². The van der Waals surface area contributed by atoms with Crippen LogP contribution in [-0.4, -0.2) is 21.2 Å². The topological polar surface area (TPSA) is 34.1 Å². The fourth-order valence-electron chi connectivity index (χ4n) is 10.2. The van der Waals surface area contributed by atoms with Crippen LogP contribution in [0, 0.1) is 59.2 Å². The van der Waals surface area contributed by atoms with E-state index < -0.39 is 0 Å². The van der Waals surface area contributed by atoms with Gasteiger partial charge in [0.15, 0.2) is 0 Å². The summed E-state index contributed by atoms with van der Waals surface area (Å²) in [6.45, 7) is 9.39. The number of hydrogen-bond donors (Lipinski definition) is 0. The van der Waals surface area contributed by atoms with Gasteiger partial charge < -0.3 is 0 Å². The SMILES string of the molecule is CCCCCCC(CC)CC1C2CC3C(=O)C(Br)CC3CC2C(CC(CC)CCCCCC)C2C(=O)C(Br)CC12. The van der Waals surface area contributed by atoms with Gasteiger partial charge in [-0.2, -0.15) is 0 Å². The summed E-state index contributed by atoms with van der Waals surface area (Å²) in [5.41, 5.74) is 0. The predicted molar refractivity (Wildman–Crippen MR) is 176 cm³/mol. The maximum Gasteiger partial charge on any atom is 0.150 e. The van der Waals surface area contributed by atoms with Crippen molar-refractivity contribution in [1.29, 1.82) is 0 Å². The van der Waals surface area contributed by atoms with E-state index in [1.165, 1.54) is 96.3 Å². The van der Waals surface area contributed by atoms with Crippen LogP contribution in [0.1, 0.15) is 143 Å². The van der Waals surface area contributed by atoms with Gasteiger partial charge in [0.05, 0.1) is 9.65 Å². The summed E-state index contributed by atoms with van der Waals surface area (Å²) in [7, 11) is 0. The third kappa shape index (κ3) is 7.50. The van der Waals surface area contributed by atoms with Crippen molar-refractivity contribution in [2.75, 3.05) is 0 Å². The number of fused-ring (bicyclic) bond motifs is 3. The number of carbonyl (C=O) groups is 2. The van der Waals surface area contributed by atoms with Crippen LogP contribution in [0.3, 0.4) is 0 Å². The molecule has 0 radical (unpaired) electrons. The highest BCUT2D eigenvalue weighted by Crippen LogP contribution is 2.63. The van der Waals surface area contributed by atoms with Gasteiger partial charge in [0.1, 0.15) is 11.6 Å². The molecule has 4 aliphatic carbocycles.